The molecule has 19 heavy (non-hydrogen) atoms. The smallest absolute Gasteiger partial charge is 0.0470 e. The van der Waals surface area contributed by atoms with Gasteiger partial charge in [-0.05, 0) is 46.1 Å². The van der Waals surface area contributed by atoms with Crippen molar-refractivity contribution in [1.29, 1.82) is 0 Å². The van der Waals surface area contributed by atoms with Crippen molar-refractivity contribution in [2.24, 2.45) is 11.7 Å². The minimum absolute atomic E-state index is 0.228. The van der Waals surface area contributed by atoms with Gasteiger partial charge in [0.2, 0.25) is 0 Å². The summed E-state index contributed by atoms with van der Waals surface area (Å²) in [4.78, 5) is 5.25. The van der Waals surface area contributed by atoms with Crippen molar-refractivity contribution in [3.05, 3.63) is 0 Å². The van der Waals surface area contributed by atoms with Crippen LogP contribution in [0.4, 0.5) is 0 Å². The van der Waals surface area contributed by atoms with E-state index in [0.717, 1.165) is 25.0 Å². The molecule has 112 valence electrons. The predicted octanol–water partition coefficient (Wildman–Crippen LogP) is 2.31. The van der Waals surface area contributed by atoms with Crippen molar-refractivity contribution < 1.29 is 0 Å². The first-order valence-corrected chi connectivity index (χ1v) is 8.15. The molecule has 0 amide bonds. The zero-order chi connectivity index (χ0) is 14.0. The average molecular weight is 267 g/mol. The Bertz CT molecular complexity index is 292. The molecule has 3 heteroatoms. The average Bonchev–Trinajstić information content (AvgIpc) is 2.84. The van der Waals surface area contributed by atoms with Crippen molar-refractivity contribution in [3.8, 4) is 0 Å². The summed E-state index contributed by atoms with van der Waals surface area (Å²) in [5.74, 6) is 0.888. The summed E-state index contributed by atoms with van der Waals surface area (Å²) in [5, 5.41) is 0. The first-order chi connectivity index (χ1) is 8.98. The fourth-order valence-electron chi connectivity index (χ4n) is 4.07. The van der Waals surface area contributed by atoms with Gasteiger partial charge >= 0.3 is 0 Å². The van der Waals surface area contributed by atoms with Crippen molar-refractivity contribution in [2.45, 2.75) is 70.5 Å². The van der Waals surface area contributed by atoms with E-state index in [-0.39, 0.29) is 5.54 Å². The zero-order valence-electron chi connectivity index (χ0n) is 13.4. The van der Waals surface area contributed by atoms with E-state index < -0.39 is 0 Å². The van der Waals surface area contributed by atoms with Gasteiger partial charge in [0.25, 0.3) is 0 Å². The number of hydrogen-bond acceptors (Lipinski definition) is 3. The molecule has 2 N–H and O–H groups in total. The molecule has 2 aliphatic rings. The van der Waals surface area contributed by atoms with Gasteiger partial charge in [-0.2, -0.15) is 0 Å². The Morgan fingerprint density at radius 2 is 2.11 bits per heavy atom. The van der Waals surface area contributed by atoms with Crippen LogP contribution in [0.25, 0.3) is 0 Å². The van der Waals surface area contributed by atoms with Crippen LogP contribution in [-0.4, -0.2) is 54.1 Å². The first kappa shape index (κ1) is 15.3. The Balaban J connectivity index is 2.04. The fraction of sp³-hybridized carbons (Fsp3) is 1.00. The third-order valence-corrected chi connectivity index (χ3v) is 5.68. The molecule has 1 aliphatic heterocycles. The summed E-state index contributed by atoms with van der Waals surface area (Å²) in [7, 11) is 2.33. The van der Waals surface area contributed by atoms with Gasteiger partial charge in [-0.25, -0.2) is 0 Å². The second kappa shape index (κ2) is 6.11. The second-order valence-corrected chi connectivity index (χ2v) is 7.28. The number of likely N-dealkylation sites (tertiary alicyclic amines) is 1. The third kappa shape index (κ3) is 3.14. The van der Waals surface area contributed by atoms with Crippen molar-refractivity contribution >= 4 is 0 Å². The Kier molecular flexibility index (Phi) is 4.91. The summed E-state index contributed by atoms with van der Waals surface area (Å²) in [6.07, 6.45) is 6.77. The lowest BCUT2D eigenvalue weighted by molar-refractivity contribution is 0.0495. The monoisotopic (exact) mass is 267 g/mol. The summed E-state index contributed by atoms with van der Waals surface area (Å²) in [6.45, 7) is 10.2. The molecule has 0 bridgehead atoms. The molecule has 0 aromatic rings. The van der Waals surface area contributed by atoms with Crippen LogP contribution in [0.5, 0.6) is 0 Å². The fourth-order valence-corrected chi connectivity index (χ4v) is 4.07. The van der Waals surface area contributed by atoms with E-state index in [0.29, 0.717) is 6.04 Å². The molecular formula is C16H33N3. The molecule has 2 fully saturated rings. The van der Waals surface area contributed by atoms with Gasteiger partial charge < -0.3 is 5.73 Å². The molecular weight excluding hydrogens is 234 g/mol. The molecule has 3 atom stereocenters. The summed E-state index contributed by atoms with van der Waals surface area (Å²) in [6, 6.07) is 1.39. The molecule has 0 aromatic carbocycles. The quantitative estimate of drug-likeness (QED) is 0.848. The van der Waals surface area contributed by atoms with Crippen LogP contribution in [0.15, 0.2) is 0 Å². The molecule has 1 heterocycles. The lowest BCUT2D eigenvalue weighted by Crippen LogP contribution is -2.58. The summed E-state index contributed by atoms with van der Waals surface area (Å²) in [5.41, 5.74) is 6.43. The van der Waals surface area contributed by atoms with E-state index in [2.05, 4.69) is 37.6 Å². The summed E-state index contributed by atoms with van der Waals surface area (Å²) >= 11 is 0. The van der Waals surface area contributed by atoms with E-state index in [1.165, 1.54) is 38.6 Å². The Morgan fingerprint density at radius 1 is 1.37 bits per heavy atom. The van der Waals surface area contributed by atoms with E-state index in [1.807, 2.05) is 0 Å². The van der Waals surface area contributed by atoms with Crippen LogP contribution in [0, 0.1) is 5.92 Å². The Hall–Kier alpha value is -0.120. The van der Waals surface area contributed by atoms with Crippen molar-refractivity contribution in [2.75, 3.05) is 26.7 Å². The largest absolute Gasteiger partial charge is 0.329 e. The molecule has 0 radical (unpaired) electrons. The normalized spacial score (nSPS) is 37.4. The minimum Gasteiger partial charge on any atom is -0.329 e. The highest BCUT2D eigenvalue weighted by Crippen LogP contribution is 2.34. The maximum Gasteiger partial charge on any atom is 0.0470 e. The van der Waals surface area contributed by atoms with Gasteiger partial charge in [-0.1, -0.05) is 19.8 Å². The molecule has 2 rings (SSSR count). The molecule has 1 saturated heterocycles. The SMILES string of the molecule is CC1CCCC(N(C)C2(CN)CCN(C(C)C)C2)C1. The predicted molar refractivity (Wildman–Crippen MR) is 82.3 cm³/mol. The van der Waals surface area contributed by atoms with Crippen LogP contribution in [0.3, 0.4) is 0 Å². The number of nitrogens with two attached hydrogens (primary N) is 1. The van der Waals surface area contributed by atoms with E-state index >= 15 is 0 Å². The first-order valence-electron chi connectivity index (χ1n) is 8.15. The number of nitrogens with zero attached hydrogens (tertiary/aromatic N) is 2. The highest BCUT2D eigenvalue weighted by molar-refractivity contribution is 5.02. The number of hydrogen-bond donors (Lipinski definition) is 1. The summed E-state index contributed by atoms with van der Waals surface area (Å²) < 4.78 is 0. The maximum absolute atomic E-state index is 6.21. The molecule has 3 nitrogen and oxygen atoms in total. The van der Waals surface area contributed by atoms with E-state index in [9.17, 15) is 0 Å². The third-order valence-electron chi connectivity index (χ3n) is 5.68. The van der Waals surface area contributed by atoms with Crippen LogP contribution in [-0.2, 0) is 0 Å². The van der Waals surface area contributed by atoms with E-state index in [1.54, 1.807) is 0 Å². The number of rotatable bonds is 4. The van der Waals surface area contributed by atoms with Gasteiger partial charge in [0.15, 0.2) is 0 Å². The molecule has 0 spiro atoms. The van der Waals surface area contributed by atoms with Crippen LogP contribution < -0.4 is 5.73 Å². The van der Waals surface area contributed by atoms with Gasteiger partial charge in [-0.15, -0.1) is 0 Å². The van der Waals surface area contributed by atoms with Crippen molar-refractivity contribution in [1.82, 2.24) is 9.80 Å². The van der Waals surface area contributed by atoms with E-state index in [4.69, 9.17) is 5.73 Å². The topological polar surface area (TPSA) is 32.5 Å². The zero-order valence-corrected chi connectivity index (χ0v) is 13.4. The lowest BCUT2D eigenvalue weighted by atomic mass is 9.83. The minimum atomic E-state index is 0.228. The lowest BCUT2D eigenvalue weighted by Gasteiger charge is -2.45. The second-order valence-electron chi connectivity index (χ2n) is 7.28. The molecule has 1 saturated carbocycles. The van der Waals surface area contributed by atoms with Crippen molar-refractivity contribution in [3.63, 3.8) is 0 Å². The van der Waals surface area contributed by atoms with Crippen LogP contribution in [0.1, 0.15) is 52.9 Å². The highest BCUT2D eigenvalue weighted by atomic mass is 15.3. The Morgan fingerprint density at radius 3 is 2.63 bits per heavy atom. The molecule has 0 aromatic heterocycles. The molecule has 1 aliphatic carbocycles. The van der Waals surface area contributed by atoms with Gasteiger partial charge in [0, 0.05) is 37.3 Å². The van der Waals surface area contributed by atoms with Gasteiger partial charge in [0.05, 0.1) is 0 Å². The number of likely N-dealkylation sites (N-methyl/N-ethyl adjacent to an activating group) is 1. The van der Waals surface area contributed by atoms with Gasteiger partial charge in [0.1, 0.15) is 0 Å². The van der Waals surface area contributed by atoms with Crippen LogP contribution >= 0.6 is 0 Å². The highest BCUT2D eigenvalue weighted by Gasteiger charge is 2.43. The van der Waals surface area contributed by atoms with Crippen LogP contribution in [0.2, 0.25) is 0 Å². The maximum atomic E-state index is 6.21. The standard InChI is InChI=1S/C16H33N3/c1-13(2)19-9-8-16(11-17,12-19)18(4)15-7-5-6-14(3)10-15/h13-15H,5-12,17H2,1-4H3. The molecule has 3 unspecified atom stereocenters. The Labute approximate surface area is 119 Å². The van der Waals surface area contributed by atoms with Gasteiger partial charge in [-0.3, -0.25) is 9.80 Å².